The monoisotopic (exact) mass is 363 g/mol. The van der Waals surface area contributed by atoms with E-state index in [0.717, 1.165) is 0 Å². The van der Waals surface area contributed by atoms with Gasteiger partial charge in [0, 0.05) is 5.69 Å². The van der Waals surface area contributed by atoms with Crippen LogP contribution in [0.1, 0.15) is 35.8 Å². The molecule has 1 amide bonds. The molecular weight excluding hydrogens is 342 g/mol. The SMILES string of the molecule is COc1cc(=O)n(-c2ccccc2)nc1C(=O)Nc1ccc(C(C)C)cc1. The quantitative estimate of drug-likeness (QED) is 0.751. The molecule has 0 atom stereocenters. The Bertz CT molecular complexity index is 993. The highest BCUT2D eigenvalue weighted by molar-refractivity contribution is 6.04. The number of hydrogen-bond donors (Lipinski definition) is 1. The van der Waals surface area contributed by atoms with Crippen molar-refractivity contribution in [2.24, 2.45) is 0 Å². The molecule has 0 saturated heterocycles. The number of anilines is 1. The van der Waals surface area contributed by atoms with Crippen LogP contribution in [0.2, 0.25) is 0 Å². The van der Waals surface area contributed by atoms with Gasteiger partial charge >= 0.3 is 0 Å². The van der Waals surface area contributed by atoms with E-state index in [0.29, 0.717) is 17.3 Å². The molecule has 0 fully saturated rings. The Labute approximate surface area is 157 Å². The molecule has 1 N–H and O–H groups in total. The molecule has 0 unspecified atom stereocenters. The molecule has 3 rings (SSSR count). The number of ether oxygens (including phenoxy) is 1. The number of nitrogens with one attached hydrogen (secondary N) is 1. The fraction of sp³-hybridized carbons (Fsp3) is 0.190. The van der Waals surface area contributed by atoms with Crippen LogP contribution < -0.4 is 15.6 Å². The summed E-state index contributed by atoms with van der Waals surface area (Å²) in [6.45, 7) is 4.21. The van der Waals surface area contributed by atoms with Gasteiger partial charge in [-0.1, -0.05) is 44.2 Å². The number of methoxy groups -OCH3 is 1. The number of rotatable bonds is 5. The molecule has 0 aliphatic rings. The van der Waals surface area contributed by atoms with E-state index in [1.54, 1.807) is 24.3 Å². The van der Waals surface area contributed by atoms with E-state index in [2.05, 4.69) is 24.3 Å². The van der Waals surface area contributed by atoms with Crippen LogP contribution in [0.25, 0.3) is 5.69 Å². The fourth-order valence-corrected chi connectivity index (χ4v) is 2.65. The maximum atomic E-state index is 12.7. The van der Waals surface area contributed by atoms with Crippen LogP contribution in [-0.4, -0.2) is 22.8 Å². The van der Waals surface area contributed by atoms with E-state index in [9.17, 15) is 9.59 Å². The first kappa shape index (κ1) is 18.4. The summed E-state index contributed by atoms with van der Waals surface area (Å²) in [7, 11) is 1.40. The number of benzene rings is 2. The van der Waals surface area contributed by atoms with Crippen molar-refractivity contribution >= 4 is 11.6 Å². The summed E-state index contributed by atoms with van der Waals surface area (Å²) in [4.78, 5) is 25.1. The predicted molar refractivity (Wildman–Crippen MR) is 105 cm³/mol. The van der Waals surface area contributed by atoms with Crippen LogP contribution >= 0.6 is 0 Å². The Morgan fingerprint density at radius 1 is 1.07 bits per heavy atom. The van der Waals surface area contributed by atoms with Crippen molar-refractivity contribution in [2.75, 3.05) is 12.4 Å². The average Bonchev–Trinajstić information content (AvgIpc) is 2.68. The molecule has 6 heteroatoms. The van der Waals surface area contributed by atoms with Crippen molar-refractivity contribution in [2.45, 2.75) is 19.8 Å². The Kier molecular flexibility index (Phi) is 5.35. The smallest absolute Gasteiger partial charge is 0.279 e. The number of nitrogens with zero attached hydrogens (tertiary/aromatic N) is 2. The highest BCUT2D eigenvalue weighted by Crippen LogP contribution is 2.19. The van der Waals surface area contributed by atoms with Gasteiger partial charge in [0.15, 0.2) is 11.4 Å². The van der Waals surface area contributed by atoms with Crippen LogP contribution in [-0.2, 0) is 0 Å². The maximum absolute atomic E-state index is 12.7. The van der Waals surface area contributed by atoms with E-state index in [-0.39, 0.29) is 17.0 Å². The van der Waals surface area contributed by atoms with Crippen LogP contribution in [0.5, 0.6) is 5.75 Å². The summed E-state index contributed by atoms with van der Waals surface area (Å²) in [5.41, 5.74) is 2.05. The van der Waals surface area contributed by atoms with E-state index < -0.39 is 5.91 Å². The van der Waals surface area contributed by atoms with Gasteiger partial charge in [-0.2, -0.15) is 9.78 Å². The number of amides is 1. The van der Waals surface area contributed by atoms with Crippen LogP contribution in [0.4, 0.5) is 5.69 Å². The van der Waals surface area contributed by atoms with Crippen molar-refractivity contribution < 1.29 is 9.53 Å². The Morgan fingerprint density at radius 2 is 1.74 bits per heavy atom. The highest BCUT2D eigenvalue weighted by atomic mass is 16.5. The van der Waals surface area contributed by atoms with Crippen molar-refractivity contribution in [1.82, 2.24) is 9.78 Å². The second kappa shape index (κ2) is 7.86. The molecule has 0 bridgehead atoms. The van der Waals surface area contributed by atoms with Gasteiger partial charge in [0.1, 0.15) is 0 Å². The first-order valence-electron chi connectivity index (χ1n) is 8.64. The maximum Gasteiger partial charge on any atom is 0.279 e. The largest absolute Gasteiger partial charge is 0.494 e. The van der Waals surface area contributed by atoms with Crippen LogP contribution in [0.3, 0.4) is 0 Å². The summed E-state index contributed by atoms with van der Waals surface area (Å²) in [5, 5.41) is 7.02. The number of para-hydroxylation sites is 1. The summed E-state index contributed by atoms with van der Waals surface area (Å²) in [6, 6.07) is 17.8. The lowest BCUT2D eigenvalue weighted by atomic mass is 10.0. The van der Waals surface area contributed by atoms with Gasteiger partial charge in [0.25, 0.3) is 11.5 Å². The zero-order valence-electron chi connectivity index (χ0n) is 15.5. The lowest BCUT2D eigenvalue weighted by Crippen LogP contribution is -2.26. The van der Waals surface area contributed by atoms with E-state index >= 15 is 0 Å². The summed E-state index contributed by atoms with van der Waals surface area (Å²) >= 11 is 0. The molecule has 138 valence electrons. The zero-order valence-corrected chi connectivity index (χ0v) is 15.5. The highest BCUT2D eigenvalue weighted by Gasteiger charge is 2.18. The minimum atomic E-state index is -0.450. The molecule has 1 aromatic heterocycles. The number of hydrogen-bond acceptors (Lipinski definition) is 4. The number of carbonyl (C=O) groups excluding carboxylic acids is 1. The molecule has 3 aromatic rings. The molecule has 2 aromatic carbocycles. The van der Waals surface area contributed by atoms with Gasteiger partial charge < -0.3 is 10.1 Å². The van der Waals surface area contributed by atoms with Crippen LogP contribution in [0, 0.1) is 0 Å². The lowest BCUT2D eigenvalue weighted by Gasteiger charge is -2.12. The minimum absolute atomic E-state index is 0.0360. The van der Waals surface area contributed by atoms with Gasteiger partial charge in [-0.3, -0.25) is 9.59 Å². The average molecular weight is 363 g/mol. The second-order valence-electron chi connectivity index (χ2n) is 6.38. The summed E-state index contributed by atoms with van der Waals surface area (Å²) in [6.07, 6.45) is 0. The molecule has 0 spiro atoms. The van der Waals surface area contributed by atoms with Crippen molar-refractivity contribution in [3.63, 3.8) is 0 Å². The van der Waals surface area contributed by atoms with Gasteiger partial charge in [-0.25, -0.2) is 0 Å². The molecule has 6 nitrogen and oxygen atoms in total. The molecule has 1 heterocycles. The standard InChI is InChI=1S/C21H21N3O3/c1-14(2)15-9-11-16(12-10-15)22-21(26)20-18(27-3)13-19(25)24(23-20)17-7-5-4-6-8-17/h4-14H,1-3H3,(H,22,26). The summed E-state index contributed by atoms with van der Waals surface area (Å²) in [5.74, 6) is 0.0863. The van der Waals surface area contributed by atoms with Crippen LogP contribution in [0.15, 0.2) is 65.5 Å². The van der Waals surface area contributed by atoms with Gasteiger partial charge in [-0.05, 0) is 35.7 Å². The number of carbonyl (C=O) groups is 1. The van der Waals surface area contributed by atoms with Crippen molar-refractivity contribution in [1.29, 1.82) is 0 Å². The van der Waals surface area contributed by atoms with Gasteiger partial charge in [0.2, 0.25) is 0 Å². The lowest BCUT2D eigenvalue weighted by molar-refractivity contribution is 0.101. The predicted octanol–water partition coefficient (Wildman–Crippen LogP) is 3.62. The fourth-order valence-electron chi connectivity index (χ4n) is 2.65. The minimum Gasteiger partial charge on any atom is -0.494 e. The summed E-state index contributed by atoms with van der Waals surface area (Å²) < 4.78 is 6.37. The molecular formula is C21H21N3O3. The number of aromatic nitrogens is 2. The van der Waals surface area contributed by atoms with E-state index in [1.165, 1.54) is 23.4 Å². The Hall–Kier alpha value is -3.41. The Morgan fingerprint density at radius 3 is 2.33 bits per heavy atom. The normalized spacial score (nSPS) is 10.7. The molecule has 0 radical (unpaired) electrons. The molecule has 0 saturated carbocycles. The van der Waals surface area contributed by atoms with Gasteiger partial charge in [-0.15, -0.1) is 0 Å². The first-order valence-corrected chi connectivity index (χ1v) is 8.64. The second-order valence-corrected chi connectivity index (χ2v) is 6.38. The van der Waals surface area contributed by atoms with Crippen molar-refractivity contribution in [3.05, 3.63) is 82.3 Å². The Balaban J connectivity index is 1.94. The zero-order chi connectivity index (χ0) is 19.4. The van der Waals surface area contributed by atoms with Gasteiger partial charge in [0.05, 0.1) is 18.9 Å². The third kappa shape index (κ3) is 4.06. The molecule has 0 aliphatic heterocycles. The van der Waals surface area contributed by atoms with E-state index in [1.807, 2.05) is 30.3 Å². The molecule has 0 aliphatic carbocycles. The van der Waals surface area contributed by atoms with E-state index in [4.69, 9.17) is 4.74 Å². The van der Waals surface area contributed by atoms with Crippen molar-refractivity contribution in [3.8, 4) is 11.4 Å². The third-order valence-electron chi connectivity index (χ3n) is 4.17. The first-order chi connectivity index (χ1) is 13.0. The third-order valence-corrected chi connectivity index (χ3v) is 4.17. The molecule has 27 heavy (non-hydrogen) atoms. The topological polar surface area (TPSA) is 73.2 Å².